The second-order valence-electron chi connectivity index (χ2n) is 3.48. The molecular formula is C12H10Br2N2. The SMILES string of the molecule is Cc1cc(Br)cc(Nc2ncccc2Br)c1. The summed E-state index contributed by atoms with van der Waals surface area (Å²) in [4.78, 5) is 4.26. The van der Waals surface area contributed by atoms with E-state index in [1.54, 1.807) is 6.20 Å². The number of rotatable bonds is 2. The molecule has 82 valence electrons. The van der Waals surface area contributed by atoms with Crippen LogP contribution in [-0.2, 0) is 0 Å². The van der Waals surface area contributed by atoms with Crippen molar-refractivity contribution in [1.82, 2.24) is 4.98 Å². The first-order valence-electron chi connectivity index (χ1n) is 4.80. The molecule has 0 amide bonds. The predicted molar refractivity (Wildman–Crippen MR) is 74.1 cm³/mol. The van der Waals surface area contributed by atoms with E-state index in [2.05, 4.69) is 61.2 Å². The van der Waals surface area contributed by atoms with Gasteiger partial charge in [-0.1, -0.05) is 15.9 Å². The lowest BCUT2D eigenvalue weighted by Crippen LogP contribution is -1.94. The Balaban J connectivity index is 2.30. The number of halogens is 2. The maximum absolute atomic E-state index is 4.26. The van der Waals surface area contributed by atoms with Gasteiger partial charge in [-0.05, 0) is 58.7 Å². The Hall–Kier alpha value is -0.870. The van der Waals surface area contributed by atoms with E-state index in [9.17, 15) is 0 Å². The molecule has 0 radical (unpaired) electrons. The van der Waals surface area contributed by atoms with Crippen molar-refractivity contribution in [3.8, 4) is 0 Å². The fourth-order valence-electron chi connectivity index (χ4n) is 1.42. The molecule has 2 aromatic rings. The number of nitrogens with one attached hydrogen (secondary N) is 1. The number of anilines is 2. The zero-order chi connectivity index (χ0) is 11.5. The van der Waals surface area contributed by atoms with Crippen molar-refractivity contribution in [2.75, 3.05) is 5.32 Å². The summed E-state index contributed by atoms with van der Waals surface area (Å²) in [6.07, 6.45) is 1.76. The van der Waals surface area contributed by atoms with Crippen molar-refractivity contribution in [1.29, 1.82) is 0 Å². The minimum Gasteiger partial charge on any atom is -0.339 e. The summed E-state index contributed by atoms with van der Waals surface area (Å²) in [6, 6.07) is 10.0. The van der Waals surface area contributed by atoms with Crippen molar-refractivity contribution < 1.29 is 0 Å². The van der Waals surface area contributed by atoms with E-state index in [-0.39, 0.29) is 0 Å². The van der Waals surface area contributed by atoms with Crippen LogP contribution >= 0.6 is 31.9 Å². The number of pyridine rings is 1. The van der Waals surface area contributed by atoms with Gasteiger partial charge in [0.1, 0.15) is 5.82 Å². The van der Waals surface area contributed by atoms with E-state index in [1.807, 2.05) is 18.2 Å². The van der Waals surface area contributed by atoms with Gasteiger partial charge in [-0.2, -0.15) is 0 Å². The summed E-state index contributed by atoms with van der Waals surface area (Å²) in [5.74, 6) is 0.819. The minimum absolute atomic E-state index is 0.819. The highest BCUT2D eigenvalue weighted by Gasteiger charge is 2.01. The highest BCUT2D eigenvalue weighted by atomic mass is 79.9. The zero-order valence-corrected chi connectivity index (χ0v) is 11.8. The number of aryl methyl sites for hydroxylation is 1. The topological polar surface area (TPSA) is 24.9 Å². The van der Waals surface area contributed by atoms with Gasteiger partial charge in [-0.25, -0.2) is 4.98 Å². The van der Waals surface area contributed by atoms with Crippen LogP contribution in [0.2, 0.25) is 0 Å². The van der Waals surface area contributed by atoms with Crippen LogP contribution in [-0.4, -0.2) is 4.98 Å². The molecular weight excluding hydrogens is 332 g/mol. The molecule has 0 fully saturated rings. The number of aromatic nitrogens is 1. The quantitative estimate of drug-likeness (QED) is 0.859. The number of hydrogen-bond acceptors (Lipinski definition) is 2. The largest absolute Gasteiger partial charge is 0.339 e. The molecule has 0 atom stereocenters. The third-order valence-electron chi connectivity index (χ3n) is 2.06. The summed E-state index contributed by atoms with van der Waals surface area (Å²) in [7, 11) is 0. The zero-order valence-electron chi connectivity index (χ0n) is 8.67. The first-order chi connectivity index (χ1) is 7.65. The fraction of sp³-hybridized carbons (Fsp3) is 0.0833. The fourth-order valence-corrected chi connectivity index (χ4v) is 2.38. The van der Waals surface area contributed by atoms with Crippen LogP contribution in [0.3, 0.4) is 0 Å². The van der Waals surface area contributed by atoms with Crippen molar-refractivity contribution in [2.45, 2.75) is 6.92 Å². The maximum atomic E-state index is 4.26. The van der Waals surface area contributed by atoms with Gasteiger partial charge < -0.3 is 5.32 Å². The molecule has 0 aliphatic heterocycles. The van der Waals surface area contributed by atoms with Gasteiger partial charge in [0.15, 0.2) is 0 Å². The molecule has 1 aromatic heterocycles. The molecule has 0 bridgehead atoms. The average Bonchev–Trinajstić information content (AvgIpc) is 2.20. The lowest BCUT2D eigenvalue weighted by molar-refractivity contribution is 1.29. The molecule has 1 N–H and O–H groups in total. The van der Waals surface area contributed by atoms with Crippen LogP contribution < -0.4 is 5.32 Å². The molecule has 1 aromatic carbocycles. The molecule has 1 heterocycles. The monoisotopic (exact) mass is 340 g/mol. The Kier molecular flexibility index (Phi) is 3.61. The van der Waals surface area contributed by atoms with Crippen LogP contribution in [0.4, 0.5) is 11.5 Å². The average molecular weight is 342 g/mol. The maximum Gasteiger partial charge on any atom is 0.144 e. The van der Waals surface area contributed by atoms with Gasteiger partial charge in [0, 0.05) is 16.4 Å². The summed E-state index contributed by atoms with van der Waals surface area (Å²) < 4.78 is 2.01. The van der Waals surface area contributed by atoms with E-state index >= 15 is 0 Å². The first-order valence-corrected chi connectivity index (χ1v) is 6.38. The van der Waals surface area contributed by atoms with Gasteiger partial charge >= 0.3 is 0 Å². The van der Waals surface area contributed by atoms with E-state index < -0.39 is 0 Å². The highest BCUT2D eigenvalue weighted by Crippen LogP contribution is 2.25. The number of hydrogen-bond donors (Lipinski definition) is 1. The van der Waals surface area contributed by atoms with E-state index in [1.165, 1.54) is 5.56 Å². The third-order valence-corrected chi connectivity index (χ3v) is 3.16. The third kappa shape index (κ3) is 2.83. The Labute approximate surface area is 111 Å². The van der Waals surface area contributed by atoms with Crippen molar-refractivity contribution in [3.63, 3.8) is 0 Å². The Bertz CT molecular complexity index is 492. The summed E-state index contributed by atoms with van der Waals surface area (Å²) in [5.41, 5.74) is 2.22. The molecule has 0 saturated carbocycles. The second kappa shape index (κ2) is 4.97. The van der Waals surface area contributed by atoms with Crippen molar-refractivity contribution in [2.24, 2.45) is 0 Å². The van der Waals surface area contributed by atoms with Crippen molar-refractivity contribution >= 4 is 43.4 Å². The van der Waals surface area contributed by atoms with Crippen LogP contribution in [0.1, 0.15) is 5.56 Å². The lowest BCUT2D eigenvalue weighted by atomic mass is 10.2. The number of benzene rings is 1. The minimum atomic E-state index is 0.819. The van der Waals surface area contributed by atoms with Crippen LogP contribution in [0, 0.1) is 6.92 Å². The highest BCUT2D eigenvalue weighted by molar-refractivity contribution is 9.10. The summed E-state index contributed by atoms with van der Waals surface area (Å²) >= 11 is 6.93. The normalized spacial score (nSPS) is 10.2. The molecule has 4 heteroatoms. The van der Waals surface area contributed by atoms with Gasteiger partial charge in [0.25, 0.3) is 0 Å². The molecule has 2 nitrogen and oxygen atoms in total. The molecule has 0 saturated heterocycles. The molecule has 16 heavy (non-hydrogen) atoms. The Morgan fingerprint density at radius 3 is 2.69 bits per heavy atom. The molecule has 2 rings (SSSR count). The molecule has 0 spiro atoms. The predicted octanol–water partition coefficient (Wildman–Crippen LogP) is 4.66. The van der Waals surface area contributed by atoms with Gasteiger partial charge in [0.2, 0.25) is 0 Å². The van der Waals surface area contributed by atoms with Gasteiger partial charge in [-0.15, -0.1) is 0 Å². The van der Waals surface area contributed by atoms with Crippen LogP contribution in [0.5, 0.6) is 0 Å². The molecule has 0 aliphatic carbocycles. The van der Waals surface area contributed by atoms with Crippen molar-refractivity contribution in [3.05, 3.63) is 51.0 Å². The van der Waals surface area contributed by atoms with E-state index in [4.69, 9.17) is 0 Å². The van der Waals surface area contributed by atoms with E-state index in [0.29, 0.717) is 0 Å². The second-order valence-corrected chi connectivity index (χ2v) is 5.25. The first kappa shape index (κ1) is 11.6. The van der Waals surface area contributed by atoms with Crippen LogP contribution in [0.25, 0.3) is 0 Å². The number of nitrogens with zero attached hydrogens (tertiary/aromatic N) is 1. The molecule has 0 aliphatic rings. The lowest BCUT2D eigenvalue weighted by Gasteiger charge is -2.08. The molecule has 0 unspecified atom stereocenters. The van der Waals surface area contributed by atoms with Gasteiger partial charge in [0.05, 0.1) is 4.47 Å². The standard InChI is InChI=1S/C12H10Br2N2/c1-8-5-9(13)7-10(6-8)16-12-11(14)3-2-4-15-12/h2-7H,1H3,(H,15,16). The Morgan fingerprint density at radius 1 is 1.19 bits per heavy atom. The van der Waals surface area contributed by atoms with Gasteiger partial charge in [-0.3, -0.25) is 0 Å². The summed E-state index contributed by atoms with van der Waals surface area (Å²) in [6.45, 7) is 2.06. The smallest absolute Gasteiger partial charge is 0.144 e. The summed E-state index contributed by atoms with van der Waals surface area (Å²) in [5, 5.41) is 3.27. The van der Waals surface area contributed by atoms with Crippen LogP contribution in [0.15, 0.2) is 45.5 Å². The Morgan fingerprint density at radius 2 is 2.00 bits per heavy atom. The van der Waals surface area contributed by atoms with E-state index in [0.717, 1.165) is 20.5 Å².